The maximum atomic E-state index is 14.4. The Morgan fingerprint density at radius 3 is 2.23 bits per heavy atom. The summed E-state index contributed by atoms with van der Waals surface area (Å²) in [4.78, 5) is 56.4. The third-order valence-corrected chi connectivity index (χ3v) is 14.0. The van der Waals surface area contributed by atoms with Gasteiger partial charge in [0.1, 0.15) is 12.1 Å². The van der Waals surface area contributed by atoms with E-state index in [0.29, 0.717) is 38.1 Å². The number of carbonyl (C=O) groups excluding carboxylic acids is 4. The van der Waals surface area contributed by atoms with Crippen LogP contribution in [0, 0.1) is 28.6 Å². The van der Waals surface area contributed by atoms with Crippen LogP contribution in [0.5, 0.6) is 0 Å². The molecule has 0 aromatic carbocycles. The third kappa shape index (κ3) is 7.21. The minimum Gasteiger partial charge on any atom is -0.381 e. The third-order valence-electron chi connectivity index (χ3n) is 11.7. The molecule has 13 heteroatoms. The highest BCUT2D eigenvalue weighted by Crippen LogP contribution is 2.65. The molecule has 3 aliphatic carbocycles. The van der Waals surface area contributed by atoms with Crippen LogP contribution in [0.2, 0.25) is 0 Å². The number of amides is 5. The van der Waals surface area contributed by atoms with Crippen molar-refractivity contribution in [1.82, 2.24) is 26.2 Å². The molecule has 3 saturated carbocycles. The number of hydrogen-bond donors (Lipinski definition) is 5. The molecule has 264 valence electrons. The van der Waals surface area contributed by atoms with Crippen molar-refractivity contribution in [1.29, 1.82) is 0 Å². The molecule has 2 heterocycles. The van der Waals surface area contributed by atoms with Gasteiger partial charge in [0.2, 0.25) is 11.8 Å². The van der Waals surface area contributed by atoms with Crippen LogP contribution in [0.25, 0.3) is 0 Å². The van der Waals surface area contributed by atoms with E-state index >= 15 is 0 Å². The fourth-order valence-electron chi connectivity index (χ4n) is 8.49. The molecular weight excluding hydrogens is 622 g/mol. The monoisotopic (exact) mass is 677 g/mol. The SMILES string of the molecule is C=CCNC(=O)C(O)[C@H](CC1CC1)NC(=O)[C@@H]1[C@@H]2[C@H](CN1C(=O)[C@@H](NC(=O)NC1([C@@H]3CCS3(=O)=O)CCCCC1)C(C)(C)C)C2(C)C. The van der Waals surface area contributed by atoms with Crippen molar-refractivity contribution in [3.63, 3.8) is 0 Å². The van der Waals surface area contributed by atoms with Crippen molar-refractivity contribution in [2.75, 3.05) is 18.8 Å². The Balaban J connectivity index is 1.34. The van der Waals surface area contributed by atoms with Crippen LogP contribution >= 0.6 is 0 Å². The van der Waals surface area contributed by atoms with Gasteiger partial charge in [-0.3, -0.25) is 14.4 Å². The summed E-state index contributed by atoms with van der Waals surface area (Å²) in [5.41, 5.74) is -1.76. The lowest BCUT2D eigenvalue weighted by molar-refractivity contribution is -0.144. The van der Waals surface area contributed by atoms with Crippen molar-refractivity contribution in [2.45, 2.75) is 127 Å². The molecular formula is C34H55N5O7S. The second kappa shape index (κ2) is 13.0. The van der Waals surface area contributed by atoms with Gasteiger partial charge in [0.15, 0.2) is 15.9 Å². The fraction of sp³-hybridized carbons (Fsp3) is 0.824. The molecule has 5 N–H and O–H groups in total. The minimum atomic E-state index is -3.28. The van der Waals surface area contributed by atoms with E-state index in [9.17, 15) is 32.7 Å². The lowest BCUT2D eigenvalue weighted by atomic mass is 9.78. The number of urea groups is 1. The van der Waals surface area contributed by atoms with E-state index in [2.05, 4.69) is 41.7 Å². The highest BCUT2D eigenvalue weighted by Gasteiger charge is 2.70. The first-order chi connectivity index (χ1) is 21.9. The Hall–Kier alpha value is -2.67. The van der Waals surface area contributed by atoms with E-state index in [1.165, 1.54) is 6.08 Å². The molecule has 0 radical (unpaired) electrons. The van der Waals surface area contributed by atoms with Crippen LogP contribution in [0.3, 0.4) is 0 Å². The zero-order valence-corrected chi connectivity index (χ0v) is 29.5. The highest BCUT2D eigenvalue weighted by molar-refractivity contribution is 7.93. The Morgan fingerprint density at radius 2 is 1.70 bits per heavy atom. The number of piperidine rings is 1. The number of aliphatic hydroxyl groups is 1. The number of nitrogens with one attached hydrogen (secondary N) is 4. The van der Waals surface area contributed by atoms with E-state index < -0.39 is 68.1 Å². The molecule has 0 bridgehead atoms. The molecule has 1 unspecified atom stereocenters. The number of aliphatic hydroxyl groups excluding tert-OH is 1. The van der Waals surface area contributed by atoms with Gasteiger partial charge in [-0.1, -0.05) is 72.8 Å². The lowest BCUT2D eigenvalue weighted by Gasteiger charge is -2.47. The number of nitrogens with zero attached hydrogens (tertiary/aromatic N) is 1. The van der Waals surface area contributed by atoms with Gasteiger partial charge in [0, 0.05) is 13.1 Å². The topological polar surface area (TPSA) is 174 Å². The number of carbonyl (C=O) groups is 4. The summed E-state index contributed by atoms with van der Waals surface area (Å²) in [6.07, 6.45) is 6.74. The smallest absolute Gasteiger partial charge is 0.315 e. The van der Waals surface area contributed by atoms with Crippen molar-refractivity contribution in [3.8, 4) is 0 Å². The van der Waals surface area contributed by atoms with Crippen LogP contribution in [0.4, 0.5) is 4.79 Å². The van der Waals surface area contributed by atoms with Gasteiger partial charge in [0.05, 0.1) is 22.6 Å². The molecule has 2 aliphatic heterocycles. The zero-order valence-electron chi connectivity index (χ0n) is 28.6. The van der Waals surface area contributed by atoms with Gasteiger partial charge >= 0.3 is 6.03 Å². The number of rotatable bonds is 12. The first kappa shape index (κ1) is 35.6. The Bertz CT molecular complexity index is 1360. The number of hydrogen-bond acceptors (Lipinski definition) is 7. The van der Waals surface area contributed by atoms with E-state index in [0.717, 1.165) is 32.1 Å². The minimum absolute atomic E-state index is 0.0914. The van der Waals surface area contributed by atoms with E-state index in [-0.39, 0.29) is 35.5 Å². The molecule has 12 nitrogen and oxygen atoms in total. The molecule has 0 spiro atoms. The van der Waals surface area contributed by atoms with Crippen molar-refractivity contribution in [3.05, 3.63) is 12.7 Å². The van der Waals surface area contributed by atoms with Crippen LogP contribution in [0.1, 0.15) is 92.4 Å². The summed E-state index contributed by atoms with van der Waals surface area (Å²) in [6.45, 7) is 13.8. The van der Waals surface area contributed by atoms with Gasteiger partial charge in [-0.05, 0) is 54.3 Å². The van der Waals surface area contributed by atoms with E-state index in [1.807, 2.05) is 20.8 Å². The summed E-state index contributed by atoms with van der Waals surface area (Å²) in [5, 5.41) is 21.8. The average Bonchev–Trinajstić information content (AvgIpc) is 3.84. The number of sulfone groups is 1. The quantitative estimate of drug-likeness (QED) is 0.197. The fourth-order valence-corrected chi connectivity index (χ4v) is 10.3. The molecule has 5 amide bonds. The lowest BCUT2D eigenvalue weighted by Crippen LogP contribution is -2.67. The van der Waals surface area contributed by atoms with Crippen molar-refractivity contribution < 1.29 is 32.7 Å². The largest absolute Gasteiger partial charge is 0.381 e. The summed E-state index contributed by atoms with van der Waals surface area (Å²) >= 11 is 0. The van der Waals surface area contributed by atoms with E-state index in [1.54, 1.807) is 4.90 Å². The predicted molar refractivity (Wildman–Crippen MR) is 178 cm³/mol. The van der Waals surface area contributed by atoms with Gasteiger partial charge in [-0.2, -0.15) is 0 Å². The van der Waals surface area contributed by atoms with Crippen LogP contribution in [-0.4, -0.2) is 96.0 Å². The molecule has 47 heavy (non-hydrogen) atoms. The second-order valence-electron chi connectivity index (χ2n) is 16.4. The molecule has 0 aromatic heterocycles. The number of likely N-dealkylation sites (tertiary alicyclic amines) is 1. The highest BCUT2D eigenvalue weighted by atomic mass is 32.2. The summed E-state index contributed by atoms with van der Waals surface area (Å²) in [6, 6.07) is -3.21. The van der Waals surface area contributed by atoms with Gasteiger partial charge < -0.3 is 31.3 Å². The Kier molecular flexibility index (Phi) is 9.84. The van der Waals surface area contributed by atoms with Gasteiger partial charge in [0.25, 0.3) is 5.91 Å². The maximum Gasteiger partial charge on any atom is 0.315 e. The molecule has 5 fully saturated rings. The summed E-state index contributed by atoms with van der Waals surface area (Å²) < 4.78 is 25.4. The van der Waals surface area contributed by atoms with Crippen molar-refractivity contribution in [2.24, 2.45) is 28.6 Å². The van der Waals surface area contributed by atoms with E-state index in [4.69, 9.17) is 0 Å². The average molecular weight is 678 g/mol. The Labute approximate surface area is 279 Å². The first-order valence-electron chi connectivity index (χ1n) is 17.4. The zero-order chi connectivity index (χ0) is 34.5. The van der Waals surface area contributed by atoms with Gasteiger partial charge in [-0.25, -0.2) is 13.2 Å². The normalized spacial score (nSPS) is 30.4. The molecule has 0 aromatic rings. The summed E-state index contributed by atoms with van der Waals surface area (Å²) in [7, 11) is -3.28. The first-order valence-corrected chi connectivity index (χ1v) is 19.1. The second-order valence-corrected chi connectivity index (χ2v) is 18.7. The predicted octanol–water partition coefficient (Wildman–Crippen LogP) is 2.02. The Morgan fingerprint density at radius 1 is 1.04 bits per heavy atom. The van der Waals surface area contributed by atoms with Crippen LogP contribution < -0.4 is 21.3 Å². The standard InChI is InChI=1S/C34H55N5O7S/c1-7-16-35-29(42)26(40)22(18-20-11-12-20)36-28(41)25-24-21(33(24,5)6)19-39(25)30(43)27(32(2,3)4)37-31(44)38-34(14-9-8-10-15-34)23-13-17-47(23,45)46/h7,20-27,40H,1,8-19H2,2-6H3,(H,35,42)(H,36,41)(H2,37,38,44)/t21-,22-,23-,24-,25-,26?,27+/m0/s1. The molecule has 7 atom stereocenters. The van der Waals surface area contributed by atoms with Crippen molar-refractivity contribution >= 4 is 33.6 Å². The molecule has 5 aliphatic rings. The van der Waals surface area contributed by atoms with Crippen LogP contribution in [0.15, 0.2) is 12.7 Å². The molecule has 5 rings (SSSR count). The number of fused-ring (bicyclic) bond motifs is 1. The summed E-state index contributed by atoms with van der Waals surface area (Å²) in [5.74, 6) is -0.964. The van der Waals surface area contributed by atoms with Crippen LogP contribution in [-0.2, 0) is 24.2 Å². The molecule has 2 saturated heterocycles. The maximum absolute atomic E-state index is 14.4. The van der Waals surface area contributed by atoms with Gasteiger partial charge in [-0.15, -0.1) is 6.58 Å².